The Morgan fingerprint density at radius 2 is 2.10 bits per heavy atom. The van der Waals surface area contributed by atoms with Gasteiger partial charge in [-0.1, -0.05) is 18.2 Å². The number of ether oxygens (including phenoxy) is 1. The number of nitrogen functional groups attached to an aromatic ring is 1. The number of nitrogens with two attached hydrogens (primary N) is 1. The first-order valence-electron chi connectivity index (χ1n) is 7.31. The molecule has 1 aromatic rings. The van der Waals surface area contributed by atoms with E-state index in [4.69, 9.17) is 10.5 Å². The maximum absolute atomic E-state index is 12.3. The molecule has 1 amide bonds. The van der Waals surface area contributed by atoms with Gasteiger partial charge in [0.15, 0.2) is 0 Å². The average molecular weight is 292 g/mol. The minimum atomic E-state index is -0.791. The van der Waals surface area contributed by atoms with E-state index in [0.29, 0.717) is 17.8 Å². The molecule has 2 atom stereocenters. The van der Waals surface area contributed by atoms with E-state index in [2.05, 4.69) is 0 Å². The minimum Gasteiger partial charge on any atom is -0.444 e. The van der Waals surface area contributed by atoms with Gasteiger partial charge in [-0.25, -0.2) is 4.79 Å². The summed E-state index contributed by atoms with van der Waals surface area (Å²) >= 11 is 0. The molecule has 1 aliphatic heterocycles. The molecule has 1 aromatic carbocycles. The minimum absolute atomic E-state index is 0.287. The van der Waals surface area contributed by atoms with Crippen LogP contribution < -0.4 is 5.73 Å². The van der Waals surface area contributed by atoms with Crippen molar-refractivity contribution in [3.05, 3.63) is 29.8 Å². The lowest BCUT2D eigenvalue weighted by Gasteiger charge is -2.31. The van der Waals surface area contributed by atoms with Gasteiger partial charge < -0.3 is 20.5 Å². The number of likely N-dealkylation sites (tertiary alicyclic amines) is 1. The molecule has 0 bridgehead atoms. The Labute approximate surface area is 125 Å². The van der Waals surface area contributed by atoms with Crippen LogP contribution in [0.3, 0.4) is 0 Å². The van der Waals surface area contributed by atoms with Crippen LogP contribution >= 0.6 is 0 Å². The lowest BCUT2D eigenvalue weighted by Crippen LogP contribution is -2.42. The van der Waals surface area contributed by atoms with Gasteiger partial charge in [0.05, 0.1) is 6.04 Å². The fourth-order valence-corrected chi connectivity index (χ4v) is 2.66. The number of hydrogen-bond donors (Lipinski definition) is 2. The van der Waals surface area contributed by atoms with Gasteiger partial charge in [-0.15, -0.1) is 0 Å². The number of carbonyl (C=O) groups is 1. The molecule has 5 heteroatoms. The molecule has 5 nitrogen and oxygen atoms in total. The molecule has 2 rings (SSSR count). The Hall–Kier alpha value is -1.75. The number of hydrogen-bond acceptors (Lipinski definition) is 4. The number of carbonyl (C=O) groups excluding carboxylic acids is 1. The van der Waals surface area contributed by atoms with E-state index in [1.807, 2.05) is 32.9 Å². The summed E-state index contributed by atoms with van der Waals surface area (Å²) in [5, 5.41) is 10.6. The van der Waals surface area contributed by atoms with E-state index in [9.17, 15) is 9.90 Å². The molecule has 2 unspecified atom stereocenters. The lowest BCUT2D eigenvalue weighted by molar-refractivity contribution is 0.00500. The van der Waals surface area contributed by atoms with Gasteiger partial charge in [0.2, 0.25) is 0 Å². The maximum atomic E-state index is 12.3. The van der Waals surface area contributed by atoms with Gasteiger partial charge in [-0.05, 0) is 39.7 Å². The first-order chi connectivity index (χ1) is 9.79. The van der Waals surface area contributed by atoms with Crippen molar-refractivity contribution in [2.24, 2.45) is 0 Å². The monoisotopic (exact) mass is 292 g/mol. The third kappa shape index (κ3) is 3.67. The number of aliphatic hydroxyl groups excluding tert-OH is 1. The Bertz CT molecular complexity index is 510. The summed E-state index contributed by atoms with van der Waals surface area (Å²) in [5.41, 5.74) is 6.58. The second-order valence-corrected chi connectivity index (χ2v) is 6.46. The molecule has 0 aliphatic carbocycles. The van der Waals surface area contributed by atoms with Crippen LogP contribution in [0.4, 0.5) is 10.5 Å². The highest BCUT2D eigenvalue weighted by molar-refractivity contribution is 5.69. The fourth-order valence-electron chi connectivity index (χ4n) is 2.66. The second-order valence-electron chi connectivity index (χ2n) is 6.46. The number of para-hydroxylation sites is 1. The molecule has 0 spiro atoms. The zero-order valence-electron chi connectivity index (χ0n) is 12.9. The van der Waals surface area contributed by atoms with Crippen molar-refractivity contribution in [1.82, 2.24) is 4.90 Å². The van der Waals surface area contributed by atoms with Crippen LogP contribution in [0.15, 0.2) is 24.3 Å². The number of aliphatic hydroxyl groups is 1. The van der Waals surface area contributed by atoms with Crippen LogP contribution in [0.25, 0.3) is 0 Å². The van der Waals surface area contributed by atoms with E-state index >= 15 is 0 Å². The average Bonchev–Trinajstić information content (AvgIpc) is 2.85. The van der Waals surface area contributed by atoms with E-state index in [0.717, 1.165) is 12.8 Å². The summed E-state index contributed by atoms with van der Waals surface area (Å²) in [4.78, 5) is 13.9. The van der Waals surface area contributed by atoms with Gasteiger partial charge >= 0.3 is 6.09 Å². The van der Waals surface area contributed by atoms with Crippen molar-refractivity contribution < 1.29 is 14.6 Å². The van der Waals surface area contributed by atoms with Gasteiger partial charge in [0.1, 0.15) is 11.7 Å². The number of anilines is 1. The van der Waals surface area contributed by atoms with Crippen LogP contribution in [0.5, 0.6) is 0 Å². The summed E-state index contributed by atoms with van der Waals surface area (Å²) < 4.78 is 5.41. The predicted octanol–water partition coefficient (Wildman–Crippen LogP) is 2.70. The topological polar surface area (TPSA) is 75.8 Å². The fraction of sp³-hybridized carbons (Fsp3) is 0.562. The van der Waals surface area contributed by atoms with Crippen molar-refractivity contribution in [3.63, 3.8) is 0 Å². The first kappa shape index (κ1) is 15.6. The molecule has 0 saturated carbocycles. The van der Waals surface area contributed by atoms with Crippen molar-refractivity contribution in [2.45, 2.75) is 51.4 Å². The molecule has 1 aliphatic rings. The smallest absolute Gasteiger partial charge is 0.410 e. The molecule has 1 fully saturated rings. The summed E-state index contributed by atoms with van der Waals surface area (Å²) in [6.45, 7) is 6.11. The highest BCUT2D eigenvalue weighted by Crippen LogP contribution is 2.32. The third-order valence-corrected chi connectivity index (χ3v) is 3.61. The van der Waals surface area contributed by atoms with Crippen molar-refractivity contribution >= 4 is 11.8 Å². The Morgan fingerprint density at radius 1 is 1.43 bits per heavy atom. The first-order valence-corrected chi connectivity index (χ1v) is 7.31. The van der Waals surface area contributed by atoms with E-state index in [-0.39, 0.29) is 12.1 Å². The SMILES string of the molecule is CC(C)(C)OC(=O)N1CCCC1C(O)c1ccccc1N. The van der Waals surface area contributed by atoms with Crippen LogP contribution in [0, 0.1) is 0 Å². The number of amides is 1. The zero-order chi connectivity index (χ0) is 15.6. The van der Waals surface area contributed by atoms with Gasteiger partial charge in [-0.2, -0.15) is 0 Å². The van der Waals surface area contributed by atoms with Crippen LogP contribution in [0.2, 0.25) is 0 Å². The van der Waals surface area contributed by atoms with Gasteiger partial charge in [-0.3, -0.25) is 0 Å². The molecule has 1 heterocycles. The number of benzene rings is 1. The quantitative estimate of drug-likeness (QED) is 0.822. The molecule has 3 N–H and O–H groups in total. The van der Waals surface area contributed by atoms with E-state index in [1.54, 1.807) is 17.0 Å². The highest BCUT2D eigenvalue weighted by atomic mass is 16.6. The summed E-state index contributed by atoms with van der Waals surface area (Å²) in [7, 11) is 0. The number of rotatable bonds is 2. The molecule has 116 valence electrons. The molecule has 0 aromatic heterocycles. The van der Waals surface area contributed by atoms with Crippen molar-refractivity contribution in [2.75, 3.05) is 12.3 Å². The second kappa shape index (κ2) is 5.93. The molecular formula is C16H24N2O3. The molecule has 0 radical (unpaired) electrons. The zero-order valence-corrected chi connectivity index (χ0v) is 12.9. The van der Waals surface area contributed by atoms with E-state index in [1.165, 1.54) is 0 Å². The van der Waals surface area contributed by atoms with Crippen LogP contribution in [-0.4, -0.2) is 34.3 Å². The highest BCUT2D eigenvalue weighted by Gasteiger charge is 2.37. The molecular weight excluding hydrogens is 268 g/mol. The van der Waals surface area contributed by atoms with Crippen molar-refractivity contribution in [1.29, 1.82) is 0 Å². The van der Waals surface area contributed by atoms with Gasteiger partial charge in [0, 0.05) is 17.8 Å². The lowest BCUT2D eigenvalue weighted by atomic mass is 9.99. The summed E-state index contributed by atoms with van der Waals surface area (Å²) in [5.74, 6) is 0. The summed E-state index contributed by atoms with van der Waals surface area (Å²) in [6.07, 6.45) is 0.433. The molecule has 1 saturated heterocycles. The van der Waals surface area contributed by atoms with E-state index < -0.39 is 11.7 Å². The van der Waals surface area contributed by atoms with Crippen LogP contribution in [-0.2, 0) is 4.74 Å². The standard InChI is InChI=1S/C16H24N2O3/c1-16(2,3)21-15(20)18-10-6-9-13(18)14(19)11-7-4-5-8-12(11)17/h4-5,7-8,13-14,19H,6,9-10,17H2,1-3H3. The normalized spacial score (nSPS) is 20.4. The Kier molecular flexibility index (Phi) is 4.42. The predicted molar refractivity (Wildman–Crippen MR) is 81.8 cm³/mol. The number of nitrogens with zero attached hydrogens (tertiary/aromatic N) is 1. The van der Waals surface area contributed by atoms with Crippen LogP contribution in [0.1, 0.15) is 45.3 Å². The van der Waals surface area contributed by atoms with Gasteiger partial charge in [0.25, 0.3) is 0 Å². The molecule has 21 heavy (non-hydrogen) atoms. The Morgan fingerprint density at radius 3 is 2.71 bits per heavy atom. The maximum Gasteiger partial charge on any atom is 0.410 e. The van der Waals surface area contributed by atoms with Crippen molar-refractivity contribution in [3.8, 4) is 0 Å². The third-order valence-electron chi connectivity index (χ3n) is 3.61. The largest absolute Gasteiger partial charge is 0.444 e. The Balaban J connectivity index is 2.15. The summed E-state index contributed by atoms with van der Waals surface area (Å²) in [6, 6.07) is 6.93.